The summed E-state index contributed by atoms with van der Waals surface area (Å²) in [4.78, 5) is 10.6. The van der Waals surface area contributed by atoms with E-state index in [-0.39, 0.29) is 5.91 Å². The normalized spacial score (nSPS) is 15.0. The molecule has 1 aromatic carbocycles. The van der Waals surface area contributed by atoms with Crippen LogP contribution in [0.5, 0.6) is 0 Å². The molecule has 1 saturated carbocycles. The van der Waals surface area contributed by atoms with Crippen LogP contribution in [0.1, 0.15) is 36.3 Å². The number of primary amides is 1. The molecule has 1 amide bonds. The number of hydrogen-bond donors (Lipinski definition) is 2. The third kappa shape index (κ3) is 3.07. The summed E-state index contributed by atoms with van der Waals surface area (Å²) in [6.07, 6.45) is 3.04. The van der Waals surface area contributed by atoms with Crippen molar-refractivity contribution in [2.24, 2.45) is 5.73 Å². The van der Waals surface area contributed by atoms with Gasteiger partial charge >= 0.3 is 0 Å². The molecule has 3 nitrogen and oxygen atoms in total. The molecule has 0 radical (unpaired) electrons. The van der Waals surface area contributed by atoms with Gasteiger partial charge in [-0.1, -0.05) is 24.3 Å². The van der Waals surface area contributed by atoms with Crippen molar-refractivity contribution in [1.29, 1.82) is 0 Å². The van der Waals surface area contributed by atoms with Crippen molar-refractivity contribution in [2.75, 3.05) is 6.54 Å². The first-order valence-electron chi connectivity index (χ1n) is 5.84. The second-order valence-corrected chi connectivity index (χ2v) is 4.37. The van der Waals surface area contributed by atoms with Gasteiger partial charge in [-0.25, -0.2) is 0 Å². The maximum absolute atomic E-state index is 10.6. The van der Waals surface area contributed by atoms with Crippen LogP contribution in [-0.4, -0.2) is 12.5 Å². The van der Waals surface area contributed by atoms with Gasteiger partial charge in [-0.2, -0.15) is 0 Å². The summed E-state index contributed by atoms with van der Waals surface area (Å²) in [5.74, 6) is 0.525. The second-order valence-electron chi connectivity index (χ2n) is 4.37. The Morgan fingerprint density at radius 2 is 2.12 bits per heavy atom. The van der Waals surface area contributed by atoms with Crippen LogP contribution >= 0.6 is 0 Å². The lowest BCUT2D eigenvalue weighted by Crippen LogP contribution is -2.22. The van der Waals surface area contributed by atoms with Crippen molar-refractivity contribution < 1.29 is 4.79 Å². The first kappa shape index (κ1) is 11.1. The topological polar surface area (TPSA) is 55.1 Å². The zero-order chi connectivity index (χ0) is 11.4. The van der Waals surface area contributed by atoms with Gasteiger partial charge < -0.3 is 11.1 Å². The average Bonchev–Trinajstić information content (AvgIpc) is 3.08. The van der Waals surface area contributed by atoms with E-state index in [9.17, 15) is 4.79 Å². The summed E-state index contributed by atoms with van der Waals surface area (Å²) in [6.45, 7) is 1.49. The molecule has 3 heteroatoms. The zero-order valence-corrected chi connectivity index (χ0v) is 9.41. The molecule has 86 valence electrons. The molecule has 0 spiro atoms. The van der Waals surface area contributed by atoms with Crippen molar-refractivity contribution in [3.63, 3.8) is 0 Å². The SMILES string of the molecule is NC(=O)CCNCc1ccccc1C1CC1. The summed E-state index contributed by atoms with van der Waals surface area (Å²) in [5, 5.41) is 3.26. The van der Waals surface area contributed by atoms with E-state index in [0.29, 0.717) is 13.0 Å². The molecule has 0 unspecified atom stereocenters. The smallest absolute Gasteiger partial charge is 0.218 e. The molecular formula is C13H18N2O. The molecule has 1 aliphatic rings. The number of nitrogens with one attached hydrogen (secondary N) is 1. The number of nitrogens with two attached hydrogens (primary N) is 1. The summed E-state index contributed by atoms with van der Waals surface area (Å²) >= 11 is 0. The van der Waals surface area contributed by atoms with E-state index in [1.165, 1.54) is 24.0 Å². The quantitative estimate of drug-likeness (QED) is 0.711. The summed E-state index contributed by atoms with van der Waals surface area (Å²) in [7, 11) is 0. The largest absolute Gasteiger partial charge is 0.370 e. The number of benzene rings is 1. The van der Waals surface area contributed by atoms with E-state index in [1.807, 2.05) is 0 Å². The minimum Gasteiger partial charge on any atom is -0.370 e. The lowest BCUT2D eigenvalue weighted by atomic mass is 10.0. The summed E-state index contributed by atoms with van der Waals surface area (Å²) in [6, 6.07) is 8.53. The van der Waals surface area contributed by atoms with Crippen LogP contribution < -0.4 is 11.1 Å². The predicted molar refractivity (Wildman–Crippen MR) is 63.9 cm³/mol. The Bertz CT molecular complexity index is 372. The van der Waals surface area contributed by atoms with Crippen LogP contribution in [0.2, 0.25) is 0 Å². The van der Waals surface area contributed by atoms with Gasteiger partial charge in [0.2, 0.25) is 5.91 Å². The third-order valence-electron chi connectivity index (χ3n) is 2.94. The fourth-order valence-electron chi connectivity index (χ4n) is 1.92. The van der Waals surface area contributed by atoms with Gasteiger partial charge in [-0.3, -0.25) is 4.79 Å². The number of carbonyl (C=O) groups excluding carboxylic acids is 1. The second kappa shape index (κ2) is 5.12. The van der Waals surface area contributed by atoms with Gasteiger partial charge in [0.1, 0.15) is 0 Å². The highest BCUT2D eigenvalue weighted by molar-refractivity contribution is 5.73. The monoisotopic (exact) mass is 218 g/mol. The third-order valence-corrected chi connectivity index (χ3v) is 2.94. The predicted octanol–water partition coefficient (Wildman–Crippen LogP) is 1.53. The Balaban J connectivity index is 1.86. The van der Waals surface area contributed by atoms with E-state index >= 15 is 0 Å². The number of hydrogen-bond acceptors (Lipinski definition) is 2. The van der Waals surface area contributed by atoms with Crippen LogP contribution in [0, 0.1) is 0 Å². The molecule has 16 heavy (non-hydrogen) atoms. The maximum atomic E-state index is 10.6. The van der Waals surface area contributed by atoms with E-state index in [4.69, 9.17) is 5.73 Å². The van der Waals surface area contributed by atoms with E-state index in [1.54, 1.807) is 0 Å². The van der Waals surface area contributed by atoms with Gasteiger partial charge in [0.15, 0.2) is 0 Å². The molecule has 2 rings (SSSR count). The van der Waals surface area contributed by atoms with Crippen molar-refractivity contribution in [3.05, 3.63) is 35.4 Å². The van der Waals surface area contributed by atoms with E-state index in [0.717, 1.165) is 12.5 Å². The van der Waals surface area contributed by atoms with Crippen molar-refractivity contribution in [2.45, 2.75) is 31.7 Å². The molecule has 0 bridgehead atoms. The first-order chi connectivity index (χ1) is 7.77. The molecule has 1 aromatic rings. The summed E-state index contributed by atoms with van der Waals surface area (Å²) in [5.41, 5.74) is 7.90. The Morgan fingerprint density at radius 3 is 2.81 bits per heavy atom. The number of carbonyl (C=O) groups is 1. The lowest BCUT2D eigenvalue weighted by Gasteiger charge is -2.09. The molecule has 0 aliphatic heterocycles. The van der Waals surface area contributed by atoms with Crippen LogP contribution in [0.15, 0.2) is 24.3 Å². The summed E-state index contributed by atoms with van der Waals surface area (Å²) < 4.78 is 0. The standard InChI is InChI=1S/C13H18N2O/c14-13(16)7-8-15-9-11-3-1-2-4-12(11)10-5-6-10/h1-4,10,15H,5-9H2,(H2,14,16). The van der Waals surface area contributed by atoms with E-state index < -0.39 is 0 Å². The fraction of sp³-hybridized carbons (Fsp3) is 0.462. The van der Waals surface area contributed by atoms with Crippen molar-refractivity contribution in [3.8, 4) is 0 Å². The molecule has 0 saturated heterocycles. The Kier molecular flexibility index (Phi) is 3.57. The molecule has 0 heterocycles. The average molecular weight is 218 g/mol. The highest BCUT2D eigenvalue weighted by atomic mass is 16.1. The van der Waals surface area contributed by atoms with Gasteiger partial charge in [-0.15, -0.1) is 0 Å². The molecule has 1 aliphatic carbocycles. The van der Waals surface area contributed by atoms with Crippen LogP contribution in [0.3, 0.4) is 0 Å². The van der Waals surface area contributed by atoms with Gasteiger partial charge in [0, 0.05) is 19.5 Å². The van der Waals surface area contributed by atoms with Gasteiger partial charge in [0.25, 0.3) is 0 Å². The zero-order valence-electron chi connectivity index (χ0n) is 9.41. The Hall–Kier alpha value is -1.35. The minimum atomic E-state index is -0.247. The van der Waals surface area contributed by atoms with Gasteiger partial charge in [0.05, 0.1) is 0 Å². The molecule has 1 fully saturated rings. The fourth-order valence-corrected chi connectivity index (χ4v) is 1.92. The minimum absolute atomic E-state index is 0.247. The number of amides is 1. The maximum Gasteiger partial charge on any atom is 0.218 e. The Labute approximate surface area is 96.0 Å². The van der Waals surface area contributed by atoms with Crippen molar-refractivity contribution >= 4 is 5.91 Å². The molecule has 3 N–H and O–H groups in total. The highest BCUT2D eigenvalue weighted by Gasteiger charge is 2.25. The van der Waals surface area contributed by atoms with Gasteiger partial charge in [-0.05, 0) is 29.9 Å². The van der Waals surface area contributed by atoms with Crippen LogP contribution in [0.25, 0.3) is 0 Å². The molecule has 0 aromatic heterocycles. The highest BCUT2D eigenvalue weighted by Crippen LogP contribution is 2.41. The van der Waals surface area contributed by atoms with Crippen molar-refractivity contribution in [1.82, 2.24) is 5.32 Å². The molecular weight excluding hydrogens is 200 g/mol. The van der Waals surface area contributed by atoms with Crippen LogP contribution in [-0.2, 0) is 11.3 Å². The number of rotatable bonds is 6. The van der Waals surface area contributed by atoms with E-state index in [2.05, 4.69) is 29.6 Å². The van der Waals surface area contributed by atoms with Crippen LogP contribution in [0.4, 0.5) is 0 Å². The lowest BCUT2D eigenvalue weighted by molar-refractivity contribution is -0.117. The Morgan fingerprint density at radius 1 is 1.38 bits per heavy atom. The molecule has 0 atom stereocenters. The first-order valence-corrected chi connectivity index (χ1v) is 5.84.